The van der Waals surface area contributed by atoms with Gasteiger partial charge in [-0.2, -0.15) is 0 Å². The number of nitrogens with one attached hydrogen (secondary N) is 1. The molecule has 27 heavy (non-hydrogen) atoms. The van der Waals surface area contributed by atoms with Crippen molar-refractivity contribution in [2.45, 2.75) is 32.7 Å². The summed E-state index contributed by atoms with van der Waals surface area (Å²) in [6.45, 7) is 7.01. The molecule has 2 atom stereocenters. The molecule has 0 radical (unpaired) electrons. The predicted molar refractivity (Wildman–Crippen MR) is 105 cm³/mol. The van der Waals surface area contributed by atoms with Gasteiger partial charge in [0.25, 0.3) is 0 Å². The minimum atomic E-state index is -0.250. The lowest BCUT2D eigenvalue weighted by Crippen LogP contribution is -2.42. The highest BCUT2D eigenvalue weighted by atomic mass is 19.1. The number of hydrogen-bond donors (Lipinski definition) is 1. The lowest BCUT2D eigenvalue weighted by atomic mass is 9.79. The summed E-state index contributed by atoms with van der Waals surface area (Å²) in [7, 11) is 0. The van der Waals surface area contributed by atoms with Gasteiger partial charge in [-0.25, -0.2) is 4.39 Å². The van der Waals surface area contributed by atoms with Crippen molar-refractivity contribution in [2.75, 3.05) is 19.6 Å². The summed E-state index contributed by atoms with van der Waals surface area (Å²) in [5.74, 6) is 0.288. The number of fused-ring (bicyclic) bond motifs is 1. The van der Waals surface area contributed by atoms with E-state index >= 15 is 0 Å². The number of benzene rings is 2. The van der Waals surface area contributed by atoms with E-state index in [1.807, 2.05) is 29.2 Å². The van der Waals surface area contributed by atoms with Gasteiger partial charge in [0.05, 0.1) is 6.04 Å². The van der Waals surface area contributed by atoms with Gasteiger partial charge in [0.15, 0.2) is 0 Å². The second-order valence-corrected chi connectivity index (χ2v) is 8.51. The first-order valence-electron chi connectivity index (χ1n) is 9.79. The first kappa shape index (κ1) is 18.2. The predicted octanol–water partition coefficient (Wildman–Crippen LogP) is 3.94. The fraction of sp³-hybridized carbons (Fsp3) is 0.435. The van der Waals surface area contributed by atoms with Gasteiger partial charge in [0.1, 0.15) is 5.82 Å². The van der Waals surface area contributed by atoms with Crippen molar-refractivity contribution >= 4 is 5.91 Å². The van der Waals surface area contributed by atoms with Crippen molar-refractivity contribution in [3.63, 3.8) is 0 Å². The van der Waals surface area contributed by atoms with E-state index in [1.54, 1.807) is 0 Å². The lowest BCUT2D eigenvalue weighted by Gasteiger charge is -2.39. The van der Waals surface area contributed by atoms with Crippen LogP contribution in [0.15, 0.2) is 48.5 Å². The highest BCUT2D eigenvalue weighted by Crippen LogP contribution is 2.38. The third-order valence-electron chi connectivity index (χ3n) is 6.29. The van der Waals surface area contributed by atoms with Gasteiger partial charge < -0.3 is 10.2 Å². The van der Waals surface area contributed by atoms with E-state index in [0.717, 1.165) is 30.6 Å². The lowest BCUT2D eigenvalue weighted by molar-refractivity contribution is -0.134. The van der Waals surface area contributed by atoms with Crippen LogP contribution in [0.25, 0.3) is 0 Å². The van der Waals surface area contributed by atoms with Crippen LogP contribution >= 0.6 is 0 Å². The summed E-state index contributed by atoms with van der Waals surface area (Å²) in [6, 6.07) is 14.8. The Bertz CT molecular complexity index is 831. The Morgan fingerprint density at radius 2 is 1.93 bits per heavy atom. The molecule has 0 aliphatic carbocycles. The first-order chi connectivity index (χ1) is 13.0. The number of rotatable bonds is 3. The van der Waals surface area contributed by atoms with Crippen molar-refractivity contribution in [1.82, 2.24) is 10.2 Å². The van der Waals surface area contributed by atoms with Gasteiger partial charge >= 0.3 is 0 Å². The molecule has 3 nitrogen and oxygen atoms in total. The van der Waals surface area contributed by atoms with Gasteiger partial charge in [-0.15, -0.1) is 0 Å². The van der Waals surface area contributed by atoms with Crippen LogP contribution in [0, 0.1) is 17.2 Å². The Hall–Kier alpha value is -2.20. The van der Waals surface area contributed by atoms with Crippen molar-refractivity contribution in [1.29, 1.82) is 0 Å². The quantitative estimate of drug-likeness (QED) is 0.892. The number of carbonyl (C=O) groups is 1. The first-order valence-corrected chi connectivity index (χ1v) is 9.79. The van der Waals surface area contributed by atoms with Crippen LogP contribution < -0.4 is 5.32 Å². The van der Waals surface area contributed by atoms with Crippen molar-refractivity contribution in [3.8, 4) is 0 Å². The molecule has 142 valence electrons. The van der Waals surface area contributed by atoms with E-state index < -0.39 is 0 Å². The molecule has 2 aromatic rings. The van der Waals surface area contributed by atoms with Crippen LogP contribution in [0.3, 0.4) is 0 Å². The number of carbonyl (C=O) groups excluding carboxylic acids is 1. The van der Waals surface area contributed by atoms with Gasteiger partial charge in [-0.1, -0.05) is 50.2 Å². The molecule has 2 aliphatic heterocycles. The number of nitrogens with zero attached hydrogens (tertiary/aromatic N) is 1. The maximum Gasteiger partial charge on any atom is 0.223 e. The second-order valence-electron chi connectivity index (χ2n) is 8.51. The zero-order chi connectivity index (χ0) is 19.0. The standard InChI is InChI=1S/C23H27FN2O/c1-23(2)15-25-14-18(23)13-21(27)26-12-11-16-5-3-4-6-20(16)22(26)17-7-9-19(24)10-8-17/h3-10,18,22,25H,11-15H2,1-2H3/t18-,22+/m1/s1. The molecule has 0 saturated carbocycles. The summed E-state index contributed by atoms with van der Waals surface area (Å²) in [5.41, 5.74) is 3.54. The van der Waals surface area contributed by atoms with E-state index in [2.05, 4.69) is 31.3 Å². The van der Waals surface area contributed by atoms with Crippen LogP contribution in [0.2, 0.25) is 0 Å². The summed E-state index contributed by atoms with van der Waals surface area (Å²) in [6.07, 6.45) is 1.42. The largest absolute Gasteiger partial charge is 0.331 e. The fourth-order valence-electron chi connectivity index (χ4n) is 4.51. The van der Waals surface area contributed by atoms with Crippen LogP contribution in [-0.4, -0.2) is 30.4 Å². The second kappa shape index (κ2) is 7.08. The van der Waals surface area contributed by atoms with Gasteiger partial charge in [-0.05, 0) is 53.1 Å². The molecule has 4 rings (SSSR count). The highest BCUT2D eigenvalue weighted by molar-refractivity contribution is 5.78. The molecule has 1 saturated heterocycles. The molecule has 2 heterocycles. The molecule has 2 aromatic carbocycles. The van der Waals surface area contributed by atoms with Crippen LogP contribution in [0.5, 0.6) is 0 Å². The molecule has 2 aliphatic rings. The highest BCUT2D eigenvalue weighted by Gasteiger charge is 2.39. The van der Waals surface area contributed by atoms with E-state index in [1.165, 1.54) is 17.7 Å². The average Bonchev–Trinajstić information content (AvgIpc) is 2.99. The number of hydrogen-bond acceptors (Lipinski definition) is 2. The van der Waals surface area contributed by atoms with Crippen LogP contribution in [0.1, 0.15) is 43.0 Å². The summed E-state index contributed by atoms with van der Waals surface area (Å²) in [4.78, 5) is 15.3. The molecule has 1 N–H and O–H groups in total. The zero-order valence-electron chi connectivity index (χ0n) is 16.0. The maximum absolute atomic E-state index is 13.5. The SMILES string of the molecule is CC1(C)CNC[C@H]1CC(=O)N1CCc2ccccc2[C@@H]1c1ccc(F)cc1. The van der Waals surface area contributed by atoms with E-state index in [4.69, 9.17) is 0 Å². The molecular formula is C23H27FN2O. The minimum Gasteiger partial charge on any atom is -0.331 e. The summed E-state index contributed by atoms with van der Waals surface area (Å²) >= 11 is 0. The van der Waals surface area contributed by atoms with Gasteiger partial charge in [-0.3, -0.25) is 4.79 Å². The normalized spacial score (nSPS) is 23.9. The van der Waals surface area contributed by atoms with Gasteiger partial charge in [0.2, 0.25) is 5.91 Å². The van der Waals surface area contributed by atoms with Gasteiger partial charge in [0, 0.05) is 19.5 Å². The summed E-state index contributed by atoms with van der Waals surface area (Å²) in [5, 5.41) is 3.42. The third-order valence-corrected chi connectivity index (χ3v) is 6.29. The van der Waals surface area contributed by atoms with Crippen LogP contribution in [-0.2, 0) is 11.2 Å². The molecule has 1 amide bonds. The molecule has 0 bridgehead atoms. The van der Waals surface area contributed by atoms with E-state index in [9.17, 15) is 9.18 Å². The molecule has 0 unspecified atom stereocenters. The average molecular weight is 366 g/mol. The Morgan fingerprint density at radius 1 is 1.19 bits per heavy atom. The topological polar surface area (TPSA) is 32.3 Å². The van der Waals surface area contributed by atoms with Crippen LogP contribution in [0.4, 0.5) is 4.39 Å². The maximum atomic E-state index is 13.5. The Balaban J connectivity index is 1.66. The number of amides is 1. The molecule has 4 heteroatoms. The molecule has 1 fully saturated rings. The van der Waals surface area contributed by atoms with E-state index in [0.29, 0.717) is 18.9 Å². The molecule has 0 aromatic heterocycles. The molecule has 0 spiro atoms. The molecular weight excluding hydrogens is 339 g/mol. The van der Waals surface area contributed by atoms with Crippen molar-refractivity contribution in [3.05, 3.63) is 71.0 Å². The number of halogens is 1. The summed E-state index contributed by atoms with van der Waals surface area (Å²) < 4.78 is 13.5. The van der Waals surface area contributed by atoms with Crippen molar-refractivity contribution < 1.29 is 9.18 Å². The Labute approximate surface area is 160 Å². The van der Waals surface area contributed by atoms with E-state index in [-0.39, 0.29) is 23.2 Å². The third kappa shape index (κ3) is 3.51. The smallest absolute Gasteiger partial charge is 0.223 e. The van der Waals surface area contributed by atoms with Crippen molar-refractivity contribution in [2.24, 2.45) is 11.3 Å². The fourth-order valence-corrected chi connectivity index (χ4v) is 4.51. The Morgan fingerprint density at radius 3 is 2.63 bits per heavy atom. The zero-order valence-corrected chi connectivity index (χ0v) is 16.0. The minimum absolute atomic E-state index is 0.134. The Kier molecular flexibility index (Phi) is 4.77. The monoisotopic (exact) mass is 366 g/mol.